The Balaban J connectivity index is 1.64. The number of halogens is 1. The van der Waals surface area contributed by atoms with Gasteiger partial charge in [0, 0.05) is 15.7 Å². The number of nitrogens with zero attached hydrogens (tertiary/aromatic N) is 4. The highest BCUT2D eigenvalue weighted by molar-refractivity contribution is 9.10. The lowest BCUT2D eigenvalue weighted by molar-refractivity contribution is 0.126. The lowest BCUT2D eigenvalue weighted by Crippen LogP contribution is -2.07. The summed E-state index contributed by atoms with van der Waals surface area (Å²) in [4.78, 5) is 17.6. The van der Waals surface area contributed by atoms with Crippen LogP contribution >= 0.6 is 15.9 Å². The lowest BCUT2D eigenvalue weighted by Gasteiger charge is -2.06. The minimum Gasteiger partial charge on any atom is -0.388 e. The first-order chi connectivity index (χ1) is 12.2. The van der Waals surface area contributed by atoms with E-state index in [0.717, 1.165) is 15.7 Å². The van der Waals surface area contributed by atoms with Crippen molar-refractivity contribution in [3.8, 4) is 0 Å². The number of nitrogen functional groups attached to an aromatic ring is 1. The number of para-hydroxylation sites is 1. The topological polar surface area (TPSA) is 98.3 Å². The van der Waals surface area contributed by atoms with Gasteiger partial charge in [-0.3, -0.25) is 0 Å². The molecule has 0 aliphatic rings. The Morgan fingerprint density at radius 3 is 2.60 bits per heavy atom. The fraction of sp³-hybridized carbons (Fsp3) is 0.0588. The summed E-state index contributed by atoms with van der Waals surface area (Å²) in [6, 6.07) is 17.2. The minimum atomic E-state index is 0.0805. The van der Waals surface area contributed by atoms with Gasteiger partial charge in [-0.2, -0.15) is 15.0 Å². The summed E-state index contributed by atoms with van der Waals surface area (Å²) in [5.41, 5.74) is 7.49. The third-order valence-electron chi connectivity index (χ3n) is 3.09. The normalized spacial score (nSPS) is 10.8. The molecule has 0 saturated heterocycles. The molecule has 126 valence electrons. The number of hydrogen-bond acceptors (Lipinski definition) is 7. The maximum absolute atomic E-state index is 5.73. The van der Waals surface area contributed by atoms with Crippen LogP contribution in [0.25, 0.3) is 0 Å². The largest absolute Gasteiger partial charge is 0.388 e. The van der Waals surface area contributed by atoms with E-state index in [1.807, 2.05) is 54.6 Å². The summed E-state index contributed by atoms with van der Waals surface area (Å²) in [6.45, 7) is 0.0805. The molecule has 0 bridgehead atoms. The number of nitrogens with one attached hydrogen (secondary N) is 1. The van der Waals surface area contributed by atoms with Crippen LogP contribution in [-0.2, 0) is 11.4 Å². The van der Waals surface area contributed by atoms with E-state index in [9.17, 15) is 0 Å². The zero-order chi connectivity index (χ0) is 17.5. The van der Waals surface area contributed by atoms with Crippen LogP contribution in [0.2, 0.25) is 0 Å². The smallest absolute Gasteiger partial charge is 0.232 e. The van der Waals surface area contributed by atoms with Gasteiger partial charge in [0.1, 0.15) is 0 Å². The minimum absolute atomic E-state index is 0.0805. The van der Waals surface area contributed by atoms with Gasteiger partial charge in [-0.05, 0) is 18.2 Å². The van der Waals surface area contributed by atoms with E-state index in [2.05, 4.69) is 41.4 Å². The summed E-state index contributed by atoms with van der Waals surface area (Å²) in [7, 11) is 0. The zero-order valence-electron chi connectivity index (χ0n) is 13.1. The summed E-state index contributed by atoms with van der Waals surface area (Å²) in [5.74, 6) is 0.851. The zero-order valence-corrected chi connectivity index (χ0v) is 14.7. The average Bonchev–Trinajstić information content (AvgIpc) is 2.60. The number of aromatic nitrogens is 3. The Kier molecular flexibility index (Phi) is 5.53. The molecule has 7 nitrogen and oxygen atoms in total. The molecule has 0 amide bonds. The van der Waals surface area contributed by atoms with Gasteiger partial charge in [0.15, 0.2) is 12.4 Å². The standard InChI is InChI=1S/C17H15BrN6O/c18-14-9-5-4-6-12(14)10-20-25-11-15-22-16(19)24-17(23-15)21-13-7-2-1-3-8-13/h1-10H,11H2,(H3,19,21,22,23,24)/b20-10-. The number of benzene rings is 2. The van der Waals surface area contributed by atoms with Gasteiger partial charge >= 0.3 is 0 Å². The molecule has 0 spiro atoms. The van der Waals surface area contributed by atoms with Gasteiger partial charge in [0.05, 0.1) is 6.21 Å². The molecule has 0 unspecified atom stereocenters. The first-order valence-electron chi connectivity index (χ1n) is 7.43. The van der Waals surface area contributed by atoms with Crippen molar-refractivity contribution < 1.29 is 4.84 Å². The van der Waals surface area contributed by atoms with Gasteiger partial charge in [-0.15, -0.1) is 0 Å². The highest BCUT2D eigenvalue weighted by Gasteiger charge is 2.05. The second-order valence-corrected chi connectivity index (χ2v) is 5.81. The molecule has 0 saturated carbocycles. The van der Waals surface area contributed by atoms with Crippen LogP contribution in [0, 0.1) is 0 Å². The third kappa shape index (κ3) is 4.98. The number of anilines is 3. The highest BCUT2D eigenvalue weighted by Crippen LogP contribution is 2.14. The Morgan fingerprint density at radius 2 is 1.80 bits per heavy atom. The molecular weight excluding hydrogens is 384 g/mol. The van der Waals surface area contributed by atoms with Gasteiger partial charge in [0.25, 0.3) is 0 Å². The van der Waals surface area contributed by atoms with Gasteiger partial charge in [-0.1, -0.05) is 57.5 Å². The number of hydrogen-bond donors (Lipinski definition) is 2. The molecule has 0 radical (unpaired) electrons. The summed E-state index contributed by atoms with van der Waals surface area (Å²) in [5, 5.41) is 6.99. The molecule has 3 rings (SSSR count). The molecule has 1 heterocycles. The van der Waals surface area contributed by atoms with E-state index < -0.39 is 0 Å². The van der Waals surface area contributed by atoms with Crippen molar-refractivity contribution in [1.82, 2.24) is 15.0 Å². The molecule has 8 heteroatoms. The van der Waals surface area contributed by atoms with E-state index in [-0.39, 0.29) is 12.6 Å². The molecule has 3 aromatic rings. The van der Waals surface area contributed by atoms with Crippen LogP contribution in [0.15, 0.2) is 64.2 Å². The lowest BCUT2D eigenvalue weighted by atomic mass is 10.2. The molecule has 25 heavy (non-hydrogen) atoms. The third-order valence-corrected chi connectivity index (χ3v) is 3.82. The predicted molar refractivity (Wildman–Crippen MR) is 100 cm³/mol. The van der Waals surface area contributed by atoms with Crippen molar-refractivity contribution in [2.24, 2.45) is 5.16 Å². The average molecular weight is 399 g/mol. The van der Waals surface area contributed by atoms with E-state index >= 15 is 0 Å². The van der Waals surface area contributed by atoms with E-state index in [0.29, 0.717) is 11.8 Å². The molecule has 2 aromatic carbocycles. The first kappa shape index (κ1) is 16.8. The summed E-state index contributed by atoms with van der Waals surface area (Å²) >= 11 is 3.44. The monoisotopic (exact) mass is 398 g/mol. The number of rotatable bonds is 6. The van der Waals surface area contributed by atoms with Crippen LogP contribution in [0.5, 0.6) is 0 Å². The Morgan fingerprint density at radius 1 is 1.04 bits per heavy atom. The second kappa shape index (κ2) is 8.20. The van der Waals surface area contributed by atoms with Crippen molar-refractivity contribution in [2.75, 3.05) is 11.1 Å². The highest BCUT2D eigenvalue weighted by atomic mass is 79.9. The fourth-order valence-corrected chi connectivity index (χ4v) is 2.37. The Labute approximate surface area is 153 Å². The fourth-order valence-electron chi connectivity index (χ4n) is 1.98. The predicted octanol–water partition coefficient (Wildman–Crippen LogP) is 3.51. The van der Waals surface area contributed by atoms with Gasteiger partial charge in [0.2, 0.25) is 11.9 Å². The maximum atomic E-state index is 5.73. The second-order valence-electron chi connectivity index (χ2n) is 4.95. The first-order valence-corrected chi connectivity index (χ1v) is 8.22. The molecule has 1 aromatic heterocycles. The van der Waals surface area contributed by atoms with Crippen LogP contribution in [0.3, 0.4) is 0 Å². The van der Waals surface area contributed by atoms with Crippen LogP contribution in [0.4, 0.5) is 17.6 Å². The molecule has 0 aliphatic heterocycles. The maximum Gasteiger partial charge on any atom is 0.232 e. The molecular formula is C17H15BrN6O. The summed E-state index contributed by atoms with van der Waals surface area (Å²) < 4.78 is 0.932. The van der Waals surface area contributed by atoms with Crippen molar-refractivity contribution in [1.29, 1.82) is 0 Å². The quantitative estimate of drug-likeness (QED) is 0.486. The Bertz CT molecular complexity index is 872. The van der Waals surface area contributed by atoms with Gasteiger partial charge in [-0.25, -0.2) is 0 Å². The SMILES string of the molecule is Nc1nc(CO/N=C\c2ccccc2Br)nc(Nc2ccccc2)n1. The van der Waals surface area contributed by atoms with Crippen molar-refractivity contribution >= 4 is 39.7 Å². The molecule has 0 fully saturated rings. The molecule has 0 aliphatic carbocycles. The van der Waals surface area contributed by atoms with Gasteiger partial charge < -0.3 is 15.9 Å². The van der Waals surface area contributed by atoms with Crippen molar-refractivity contribution in [2.45, 2.75) is 6.61 Å². The van der Waals surface area contributed by atoms with Crippen molar-refractivity contribution in [3.05, 3.63) is 70.5 Å². The van der Waals surface area contributed by atoms with Crippen LogP contribution in [0.1, 0.15) is 11.4 Å². The summed E-state index contributed by atoms with van der Waals surface area (Å²) in [6.07, 6.45) is 1.61. The number of nitrogens with two attached hydrogens (primary N) is 1. The van der Waals surface area contributed by atoms with Crippen LogP contribution < -0.4 is 11.1 Å². The molecule has 3 N–H and O–H groups in total. The van der Waals surface area contributed by atoms with E-state index in [1.165, 1.54) is 0 Å². The molecule has 0 atom stereocenters. The van der Waals surface area contributed by atoms with Crippen molar-refractivity contribution in [3.63, 3.8) is 0 Å². The van der Waals surface area contributed by atoms with E-state index in [4.69, 9.17) is 10.6 Å². The van der Waals surface area contributed by atoms with E-state index in [1.54, 1.807) is 6.21 Å². The number of oxime groups is 1. The van der Waals surface area contributed by atoms with Crippen LogP contribution in [-0.4, -0.2) is 21.2 Å². The Hall–Kier alpha value is -3.00.